The number of ether oxygens (including phenoxy) is 2. The molecular formula is C22H23ClN2O5. The Kier molecular flexibility index (Phi) is 6.62. The van der Waals surface area contributed by atoms with Gasteiger partial charge in [0.2, 0.25) is 11.8 Å². The van der Waals surface area contributed by atoms with Crippen molar-refractivity contribution in [3.8, 4) is 11.5 Å². The van der Waals surface area contributed by atoms with Gasteiger partial charge in [0, 0.05) is 18.5 Å². The third-order valence-corrected chi connectivity index (χ3v) is 5.33. The van der Waals surface area contributed by atoms with E-state index in [-0.39, 0.29) is 18.2 Å². The lowest BCUT2D eigenvalue weighted by molar-refractivity contribution is -0.136. The number of anilines is 1. The van der Waals surface area contributed by atoms with E-state index in [9.17, 15) is 14.4 Å². The average Bonchev–Trinajstić information content (AvgIpc) is 3.02. The summed E-state index contributed by atoms with van der Waals surface area (Å²) in [5, 5.41) is 0.509. The van der Waals surface area contributed by atoms with Gasteiger partial charge in [-0.15, -0.1) is 0 Å². The normalized spacial score (nSPS) is 16.0. The second kappa shape index (κ2) is 9.17. The molecule has 0 saturated carbocycles. The number of halogens is 1. The molecule has 158 valence electrons. The number of amides is 3. The Morgan fingerprint density at radius 1 is 1.10 bits per heavy atom. The Bertz CT molecular complexity index is 961. The Morgan fingerprint density at radius 2 is 1.77 bits per heavy atom. The van der Waals surface area contributed by atoms with Gasteiger partial charge in [0.1, 0.15) is 6.04 Å². The standard InChI is InChI=1S/C22H23ClN2O5/c1-14(26)24(11-10-15-4-9-19(29-2)20(12-15)30-3)18-13-21(27)25(22(18)28)17-7-5-16(23)6-8-17/h4-9,12,18H,10-11,13H2,1-3H3/t18-/m1/s1. The van der Waals surface area contributed by atoms with Gasteiger partial charge in [0.15, 0.2) is 11.5 Å². The van der Waals surface area contributed by atoms with Crippen molar-refractivity contribution in [3.63, 3.8) is 0 Å². The SMILES string of the molecule is COc1ccc(CCN(C(C)=O)[C@@H]2CC(=O)N(c3ccc(Cl)cc3)C2=O)cc1OC. The molecule has 0 aliphatic carbocycles. The number of imide groups is 1. The topological polar surface area (TPSA) is 76.2 Å². The summed E-state index contributed by atoms with van der Waals surface area (Å²) in [5.41, 5.74) is 1.37. The lowest BCUT2D eigenvalue weighted by Crippen LogP contribution is -2.45. The largest absolute Gasteiger partial charge is 0.493 e. The first-order chi connectivity index (χ1) is 14.3. The summed E-state index contributed by atoms with van der Waals surface area (Å²) < 4.78 is 10.6. The van der Waals surface area contributed by atoms with Gasteiger partial charge in [-0.2, -0.15) is 0 Å². The van der Waals surface area contributed by atoms with E-state index in [2.05, 4.69) is 0 Å². The van der Waals surface area contributed by atoms with E-state index in [1.807, 2.05) is 12.1 Å². The fourth-order valence-corrected chi connectivity index (χ4v) is 3.67. The molecule has 30 heavy (non-hydrogen) atoms. The van der Waals surface area contributed by atoms with E-state index < -0.39 is 11.9 Å². The van der Waals surface area contributed by atoms with Gasteiger partial charge < -0.3 is 14.4 Å². The first kappa shape index (κ1) is 21.6. The highest BCUT2D eigenvalue weighted by atomic mass is 35.5. The molecule has 2 aromatic carbocycles. The summed E-state index contributed by atoms with van der Waals surface area (Å²) in [6.45, 7) is 1.69. The second-order valence-electron chi connectivity index (χ2n) is 6.92. The molecule has 7 nitrogen and oxygen atoms in total. The first-order valence-corrected chi connectivity index (χ1v) is 9.84. The van der Waals surface area contributed by atoms with Crippen LogP contribution in [-0.2, 0) is 20.8 Å². The highest BCUT2D eigenvalue weighted by Gasteiger charge is 2.43. The molecule has 1 saturated heterocycles. The Hall–Kier alpha value is -3.06. The zero-order chi connectivity index (χ0) is 21.8. The maximum absolute atomic E-state index is 13.0. The molecule has 0 spiro atoms. The zero-order valence-corrected chi connectivity index (χ0v) is 17.8. The van der Waals surface area contributed by atoms with Crippen LogP contribution in [-0.4, -0.2) is 49.4 Å². The summed E-state index contributed by atoms with van der Waals surface area (Å²) in [4.78, 5) is 40.4. The maximum atomic E-state index is 13.0. The van der Waals surface area contributed by atoms with E-state index in [0.29, 0.717) is 35.2 Å². The Labute approximate surface area is 180 Å². The van der Waals surface area contributed by atoms with Crippen LogP contribution in [0.2, 0.25) is 5.02 Å². The zero-order valence-electron chi connectivity index (χ0n) is 17.1. The van der Waals surface area contributed by atoms with Gasteiger partial charge in [-0.05, 0) is 48.4 Å². The average molecular weight is 431 g/mol. The van der Waals surface area contributed by atoms with Gasteiger partial charge in [-0.3, -0.25) is 14.4 Å². The number of carbonyl (C=O) groups excluding carboxylic acids is 3. The smallest absolute Gasteiger partial charge is 0.257 e. The number of carbonyl (C=O) groups is 3. The first-order valence-electron chi connectivity index (χ1n) is 9.46. The molecule has 0 aromatic heterocycles. The second-order valence-corrected chi connectivity index (χ2v) is 7.35. The molecule has 3 amide bonds. The van der Waals surface area contributed by atoms with Crippen molar-refractivity contribution < 1.29 is 23.9 Å². The molecular weight excluding hydrogens is 408 g/mol. The fourth-order valence-electron chi connectivity index (χ4n) is 3.54. The van der Waals surface area contributed by atoms with Crippen LogP contribution in [0.15, 0.2) is 42.5 Å². The lowest BCUT2D eigenvalue weighted by atomic mass is 10.1. The minimum Gasteiger partial charge on any atom is -0.493 e. The van der Waals surface area contributed by atoms with Gasteiger partial charge >= 0.3 is 0 Å². The van der Waals surface area contributed by atoms with E-state index in [1.54, 1.807) is 44.6 Å². The molecule has 2 aromatic rings. The van der Waals surface area contributed by atoms with Crippen LogP contribution in [0.4, 0.5) is 5.69 Å². The lowest BCUT2D eigenvalue weighted by Gasteiger charge is -2.26. The predicted octanol–water partition coefficient (Wildman–Crippen LogP) is 3.08. The van der Waals surface area contributed by atoms with Gasteiger partial charge in [0.05, 0.1) is 26.3 Å². The third-order valence-electron chi connectivity index (χ3n) is 5.08. The van der Waals surface area contributed by atoms with E-state index in [1.165, 1.54) is 11.8 Å². The van der Waals surface area contributed by atoms with Crippen molar-refractivity contribution in [2.75, 3.05) is 25.7 Å². The summed E-state index contributed by atoms with van der Waals surface area (Å²) in [5.74, 6) is 0.180. The predicted molar refractivity (Wildman–Crippen MR) is 113 cm³/mol. The van der Waals surface area contributed by atoms with Gasteiger partial charge in [0.25, 0.3) is 5.91 Å². The number of methoxy groups -OCH3 is 2. The van der Waals surface area contributed by atoms with Crippen molar-refractivity contribution in [1.82, 2.24) is 4.90 Å². The Morgan fingerprint density at radius 3 is 2.37 bits per heavy atom. The minimum atomic E-state index is -0.828. The van der Waals surface area contributed by atoms with Crippen LogP contribution in [0.5, 0.6) is 11.5 Å². The molecule has 1 heterocycles. The van der Waals surface area contributed by atoms with Crippen LogP contribution >= 0.6 is 11.6 Å². The molecule has 0 bridgehead atoms. The van der Waals surface area contributed by atoms with Crippen LogP contribution in [0.25, 0.3) is 0 Å². The third kappa shape index (κ3) is 4.41. The maximum Gasteiger partial charge on any atom is 0.257 e. The molecule has 0 unspecified atom stereocenters. The molecule has 1 aliphatic heterocycles. The van der Waals surface area contributed by atoms with Crippen LogP contribution in [0.3, 0.4) is 0 Å². The summed E-state index contributed by atoms with van der Waals surface area (Å²) in [6.07, 6.45) is 0.450. The van der Waals surface area contributed by atoms with E-state index >= 15 is 0 Å². The number of nitrogens with zero attached hydrogens (tertiary/aromatic N) is 2. The molecule has 0 N–H and O–H groups in total. The minimum absolute atomic E-state index is 0.0486. The molecule has 3 rings (SSSR count). The molecule has 8 heteroatoms. The number of hydrogen-bond donors (Lipinski definition) is 0. The molecule has 0 radical (unpaired) electrons. The van der Waals surface area contributed by atoms with Crippen LogP contribution in [0, 0.1) is 0 Å². The quantitative estimate of drug-likeness (QED) is 0.631. The van der Waals surface area contributed by atoms with Crippen molar-refractivity contribution in [2.45, 2.75) is 25.8 Å². The number of benzene rings is 2. The number of hydrogen-bond acceptors (Lipinski definition) is 5. The monoisotopic (exact) mass is 430 g/mol. The number of rotatable bonds is 7. The molecule has 1 fully saturated rings. The van der Waals surface area contributed by atoms with Crippen LogP contribution in [0.1, 0.15) is 18.9 Å². The fraction of sp³-hybridized carbons (Fsp3) is 0.318. The van der Waals surface area contributed by atoms with E-state index in [4.69, 9.17) is 21.1 Å². The van der Waals surface area contributed by atoms with Gasteiger partial charge in [-0.1, -0.05) is 17.7 Å². The van der Waals surface area contributed by atoms with Crippen molar-refractivity contribution in [2.24, 2.45) is 0 Å². The Balaban J connectivity index is 1.76. The van der Waals surface area contributed by atoms with Gasteiger partial charge in [-0.25, -0.2) is 4.90 Å². The highest BCUT2D eigenvalue weighted by Crippen LogP contribution is 2.29. The summed E-state index contributed by atoms with van der Waals surface area (Å²) in [6, 6.07) is 11.1. The van der Waals surface area contributed by atoms with Crippen molar-refractivity contribution in [1.29, 1.82) is 0 Å². The van der Waals surface area contributed by atoms with E-state index in [0.717, 1.165) is 10.5 Å². The van der Waals surface area contributed by atoms with Crippen molar-refractivity contribution in [3.05, 3.63) is 53.1 Å². The summed E-state index contributed by atoms with van der Waals surface area (Å²) >= 11 is 5.89. The summed E-state index contributed by atoms with van der Waals surface area (Å²) in [7, 11) is 3.11. The molecule has 1 aliphatic rings. The van der Waals surface area contributed by atoms with Crippen LogP contribution < -0.4 is 14.4 Å². The van der Waals surface area contributed by atoms with Crippen molar-refractivity contribution >= 4 is 35.0 Å². The highest BCUT2D eigenvalue weighted by molar-refractivity contribution is 6.30. The molecule has 1 atom stereocenters.